The first-order valence-corrected chi connectivity index (χ1v) is 37.6. The number of carbonyl (C=O) groups is 1. The van der Waals surface area contributed by atoms with Crippen LogP contribution in [0.1, 0.15) is 97.6 Å². The van der Waals surface area contributed by atoms with E-state index in [-0.39, 0.29) is 5.78 Å². The number of thiophene rings is 6. The van der Waals surface area contributed by atoms with Crippen LogP contribution in [0.2, 0.25) is 8.67 Å². The molecule has 0 saturated carbocycles. The number of fused-ring (bicyclic) bond motifs is 6. The molecular formula is C71H81Cl2N7OS6. The van der Waals surface area contributed by atoms with Gasteiger partial charge in [-0.1, -0.05) is 65.7 Å². The zero-order valence-corrected chi connectivity index (χ0v) is 56.5. The lowest BCUT2D eigenvalue weighted by molar-refractivity contribution is 0.102. The Morgan fingerprint density at radius 3 is 1.29 bits per heavy atom. The van der Waals surface area contributed by atoms with Crippen LogP contribution in [-0.2, 0) is 0 Å². The van der Waals surface area contributed by atoms with Crippen molar-refractivity contribution in [3.8, 4) is 0 Å². The second kappa shape index (κ2) is 28.3. The predicted octanol–water partition coefficient (Wildman–Crippen LogP) is 16.9. The first kappa shape index (κ1) is 62.0. The number of aryl methyl sites for hydroxylation is 2. The highest BCUT2D eigenvalue weighted by atomic mass is 35.5. The van der Waals surface area contributed by atoms with Gasteiger partial charge in [-0.2, -0.15) is 22.7 Å². The molecule has 6 aromatic heterocycles. The summed E-state index contributed by atoms with van der Waals surface area (Å²) >= 11 is 22.3. The van der Waals surface area contributed by atoms with Crippen molar-refractivity contribution >= 4 is 135 Å². The second-order valence-corrected chi connectivity index (χ2v) is 32.9. The lowest BCUT2D eigenvalue weighted by Gasteiger charge is -2.06. The Hall–Kier alpha value is -3.86. The molecule has 6 saturated heterocycles. The Kier molecular flexibility index (Phi) is 20.2. The third-order valence-corrected chi connectivity index (χ3v) is 26.7. The van der Waals surface area contributed by atoms with Crippen molar-refractivity contribution in [1.82, 2.24) is 31.9 Å². The van der Waals surface area contributed by atoms with Gasteiger partial charge in [-0.15, -0.1) is 45.3 Å². The molecule has 12 aliphatic rings. The van der Waals surface area contributed by atoms with Crippen LogP contribution in [0.4, 0.5) is 5.00 Å². The summed E-state index contributed by atoms with van der Waals surface area (Å²) < 4.78 is 1.85. The van der Waals surface area contributed by atoms with Gasteiger partial charge in [0.15, 0.2) is 5.78 Å². The van der Waals surface area contributed by atoms with Crippen molar-refractivity contribution in [3.63, 3.8) is 0 Å². The van der Waals surface area contributed by atoms with Gasteiger partial charge in [0.2, 0.25) is 5.00 Å². The molecule has 456 valence electrons. The first-order chi connectivity index (χ1) is 42.5. The fourth-order valence-electron chi connectivity index (χ4n) is 15.5. The highest BCUT2D eigenvalue weighted by molar-refractivity contribution is 7.17. The van der Waals surface area contributed by atoms with Crippen molar-refractivity contribution in [2.45, 2.75) is 59.3 Å². The average Bonchev–Trinajstić information content (AvgIpc) is 3.00. The second-order valence-electron chi connectivity index (χ2n) is 26.0. The van der Waals surface area contributed by atoms with Gasteiger partial charge in [0.05, 0.1) is 15.8 Å². The van der Waals surface area contributed by atoms with Gasteiger partial charge in [-0.25, -0.2) is 4.85 Å². The Bertz CT molecular complexity index is 3500. The fourth-order valence-corrected chi connectivity index (χ4v) is 21.1. The summed E-state index contributed by atoms with van der Waals surface area (Å²) in [4.78, 5) is 20.1. The van der Waals surface area contributed by atoms with Gasteiger partial charge in [-0.3, -0.25) is 4.79 Å². The highest BCUT2D eigenvalue weighted by Crippen LogP contribution is 2.46. The molecule has 6 N–H and O–H groups in total. The predicted molar refractivity (Wildman–Crippen MR) is 376 cm³/mol. The quantitative estimate of drug-likeness (QED) is 0.0701. The van der Waals surface area contributed by atoms with E-state index in [2.05, 4.69) is 139 Å². The van der Waals surface area contributed by atoms with E-state index < -0.39 is 0 Å². The van der Waals surface area contributed by atoms with E-state index in [0.717, 1.165) is 129 Å². The van der Waals surface area contributed by atoms with Gasteiger partial charge in [0.25, 0.3) is 0 Å². The van der Waals surface area contributed by atoms with Crippen LogP contribution in [0.15, 0.2) is 106 Å². The van der Waals surface area contributed by atoms with Crippen molar-refractivity contribution < 1.29 is 4.79 Å². The first-order valence-electron chi connectivity index (χ1n) is 31.6. The maximum atomic E-state index is 11.5. The number of nitrogens with one attached hydrogen (secondary N) is 6. The van der Waals surface area contributed by atoms with E-state index in [4.69, 9.17) is 29.8 Å². The van der Waals surface area contributed by atoms with Gasteiger partial charge >= 0.3 is 0 Å². The largest absolute Gasteiger partial charge is 0.316 e. The molecule has 12 heterocycles. The van der Waals surface area contributed by atoms with Crippen LogP contribution in [0.25, 0.3) is 38.3 Å². The molecule has 0 amide bonds. The number of carbonyl (C=O) groups excluding carboxylic acids is 1. The Labute approximate surface area is 549 Å². The fraction of sp³-hybridized carbons (Fsp3) is 0.465. The van der Waals surface area contributed by atoms with E-state index in [9.17, 15) is 4.79 Å². The molecule has 0 aromatic carbocycles. The molecule has 6 aliphatic heterocycles. The zero-order valence-electron chi connectivity index (χ0n) is 50.1. The number of allylic oxidation sites excluding steroid dienone is 6. The minimum atomic E-state index is 0.195. The van der Waals surface area contributed by atoms with E-state index in [1.54, 1.807) is 63.4 Å². The van der Waals surface area contributed by atoms with Gasteiger partial charge < -0.3 is 31.9 Å². The lowest BCUT2D eigenvalue weighted by Crippen LogP contribution is -2.09. The number of nitrogens with zero attached hydrogens (tertiary/aromatic N) is 1. The molecule has 12 atom stereocenters. The molecule has 0 spiro atoms. The molecule has 6 aromatic rings. The van der Waals surface area contributed by atoms with E-state index in [1.807, 2.05) is 40.2 Å². The van der Waals surface area contributed by atoms with Crippen LogP contribution in [0.3, 0.4) is 0 Å². The third kappa shape index (κ3) is 14.4. The minimum absolute atomic E-state index is 0.195. The third-order valence-electron chi connectivity index (χ3n) is 20.2. The number of hydrogen-bond donors (Lipinski definition) is 6. The number of Topliss-reactive ketones (excluding diaryl/α,β-unsaturated/α-hetero) is 1. The smallest absolute Gasteiger partial charge is 0.241 e. The summed E-state index contributed by atoms with van der Waals surface area (Å²) in [6, 6.07) is 14.7. The Morgan fingerprint density at radius 2 is 0.897 bits per heavy atom. The normalized spacial score (nSPS) is 29.7. The number of hydrogen-bond acceptors (Lipinski definition) is 13. The van der Waals surface area contributed by atoms with Crippen LogP contribution >= 0.6 is 91.2 Å². The number of halogens is 2. The molecule has 0 radical (unpaired) electrons. The summed E-state index contributed by atoms with van der Waals surface area (Å²) in [6.45, 7) is 27.0. The highest BCUT2D eigenvalue weighted by Gasteiger charge is 2.37. The number of rotatable bonds is 7. The Balaban J connectivity index is 0.0000000966. The summed E-state index contributed by atoms with van der Waals surface area (Å²) in [7, 11) is 0. The summed E-state index contributed by atoms with van der Waals surface area (Å²) in [6.07, 6.45) is 22.0. The maximum absolute atomic E-state index is 11.5. The zero-order chi connectivity index (χ0) is 59.5. The molecule has 12 unspecified atom stereocenters. The van der Waals surface area contributed by atoms with E-state index >= 15 is 0 Å². The molecule has 16 heteroatoms. The van der Waals surface area contributed by atoms with E-state index in [0.29, 0.717) is 5.92 Å². The standard InChI is InChI=1S/C13H15NOS.C12H12N2S.2C12H15NS.2C11H12ClNS/c1-8(15)13-12(2-3-16-13)9-4-10-6-14-7-11(10)5-9;1-13-12-3-2-11(15-12)8-4-9-6-14-7-10(9)5-8;1-8-6-14-7-12(8)9-2-10-4-13-5-11(10)3-9;1-8-2-12(14-7-8)9-3-10-5-13-6-11(10)4-9;12-11-10(1-2-14-11)7-3-8-5-13-6-9(8)4-7;12-11-2-1-10(14-11)7-3-8-5-13-6-9(8)4-7/h2-4,10-11,14H,5-7H2,1H3;2-4,9-10,14H,5-7H2;2,6-7,10-11,13H,3-5H2,1H3;2-3,7,10-11,13H,4-6H2,1H3;2*1-3,8-9,13H,4-6H2. The van der Waals surface area contributed by atoms with Crippen LogP contribution in [-0.4, -0.2) is 84.3 Å². The van der Waals surface area contributed by atoms with Crippen LogP contribution in [0.5, 0.6) is 0 Å². The average molecular weight is 1310 g/mol. The van der Waals surface area contributed by atoms with Crippen LogP contribution in [0, 0.1) is 91.4 Å². The van der Waals surface area contributed by atoms with Crippen LogP contribution < -0.4 is 31.9 Å². The van der Waals surface area contributed by atoms with Crippen molar-refractivity contribution in [1.29, 1.82) is 0 Å². The van der Waals surface area contributed by atoms with Gasteiger partial charge in [0, 0.05) is 59.5 Å². The Morgan fingerprint density at radius 1 is 0.471 bits per heavy atom. The molecule has 18 rings (SSSR count). The molecule has 8 nitrogen and oxygen atoms in total. The van der Waals surface area contributed by atoms with E-state index in [1.165, 1.54) is 136 Å². The molecule has 0 bridgehead atoms. The SMILES string of the molecule is CC(=O)c1sccc1C1=CC2CNCC2C1.Cc1csc(C2=CC3CNCC3C2)c1.Cc1cscc1C1=CC2CNCC2C1.Clc1ccc(C2=CC3CNCC3C2)s1.Clc1sccc1C1=CC2CNCC2C1.[C-]#[N+]c1ccc(C2=CC3CNCC3C2)s1. The summed E-state index contributed by atoms with van der Waals surface area (Å²) in [5.74, 6) is 9.74. The molecular weight excluding hydrogens is 1230 g/mol. The molecule has 6 fully saturated rings. The maximum Gasteiger partial charge on any atom is 0.241 e. The number of ketones is 1. The molecule has 6 aliphatic carbocycles. The monoisotopic (exact) mass is 1310 g/mol. The van der Waals surface area contributed by atoms with Crippen molar-refractivity contribution in [2.24, 2.45) is 71.0 Å². The minimum Gasteiger partial charge on any atom is -0.316 e. The summed E-state index contributed by atoms with van der Waals surface area (Å²) in [5.41, 5.74) is 15.8. The van der Waals surface area contributed by atoms with Crippen molar-refractivity contribution in [2.75, 3.05) is 78.5 Å². The topological polar surface area (TPSA) is 93.6 Å². The summed E-state index contributed by atoms with van der Waals surface area (Å²) in [5, 5.41) is 32.3. The molecule has 87 heavy (non-hydrogen) atoms. The lowest BCUT2D eigenvalue weighted by atomic mass is 9.98. The van der Waals surface area contributed by atoms with Gasteiger partial charge in [0.1, 0.15) is 4.34 Å². The van der Waals surface area contributed by atoms with Gasteiger partial charge in [-0.05, 0) is 289 Å². The van der Waals surface area contributed by atoms with Crippen molar-refractivity contribution in [3.05, 3.63) is 173 Å².